The Bertz CT molecular complexity index is 1320. The zero-order valence-electron chi connectivity index (χ0n) is 21.0. The van der Waals surface area contributed by atoms with E-state index < -0.39 is 11.9 Å². The van der Waals surface area contributed by atoms with Crippen molar-refractivity contribution >= 4 is 29.2 Å². The van der Waals surface area contributed by atoms with Gasteiger partial charge in [0.1, 0.15) is 28.5 Å². The predicted octanol–water partition coefficient (Wildman–Crippen LogP) is 5.20. The lowest BCUT2D eigenvalue weighted by molar-refractivity contribution is -0.119. The SMILES string of the molecule is Cc1ncc(F)cc1-c1ccc(NC(=O)C(NC(=O)c2ccnn2C(C)C)C(C2CC2)C2CC2)nc1Cl. The molecule has 0 bridgehead atoms. The lowest BCUT2D eigenvalue weighted by atomic mass is 9.88. The Labute approximate surface area is 220 Å². The molecule has 10 heteroatoms. The van der Waals surface area contributed by atoms with Crippen LogP contribution >= 0.6 is 11.6 Å². The summed E-state index contributed by atoms with van der Waals surface area (Å²) in [5, 5.41) is 10.3. The Balaban J connectivity index is 1.39. The highest BCUT2D eigenvalue weighted by atomic mass is 35.5. The highest BCUT2D eigenvalue weighted by Gasteiger charge is 2.48. The third kappa shape index (κ3) is 5.51. The van der Waals surface area contributed by atoms with Gasteiger partial charge in [-0.3, -0.25) is 19.3 Å². The summed E-state index contributed by atoms with van der Waals surface area (Å²) >= 11 is 6.44. The number of carbonyl (C=O) groups is 2. The summed E-state index contributed by atoms with van der Waals surface area (Å²) in [4.78, 5) is 35.3. The summed E-state index contributed by atoms with van der Waals surface area (Å²) in [6.45, 7) is 5.66. The smallest absolute Gasteiger partial charge is 0.270 e. The van der Waals surface area contributed by atoms with Crippen LogP contribution < -0.4 is 10.6 Å². The van der Waals surface area contributed by atoms with E-state index in [9.17, 15) is 14.0 Å². The number of aryl methyl sites for hydroxylation is 1. The van der Waals surface area contributed by atoms with Gasteiger partial charge in [-0.2, -0.15) is 5.10 Å². The maximum absolute atomic E-state index is 13.8. The lowest BCUT2D eigenvalue weighted by Gasteiger charge is -2.27. The number of anilines is 1. The van der Waals surface area contributed by atoms with E-state index in [1.165, 1.54) is 6.07 Å². The van der Waals surface area contributed by atoms with Crippen molar-refractivity contribution in [1.82, 2.24) is 25.1 Å². The van der Waals surface area contributed by atoms with E-state index in [0.29, 0.717) is 34.4 Å². The van der Waals surface area contributed by atoms with Crippen molar-refractivity contribution in [2.75, 3.05) is 5.32 Å². The Morgan fingerprint density at radius 2 is 1.81 bits per heavy atom. The van der Waals surface area contributed by atoms with Gasteiger partial charge in [-0.25, -0.2) is 9.37 Å². The Hall–Kier alpha value is -3.33. The monoisotopic (exact) mass is 524 g/mol. The van der Waals surface area contributed by atoms with Gasteiger partial charge in [-0.1, -0.05) is 11.6 Å². The molecule has 2 aliphatic carbocycles. The van der Waals surface area contributed by atoms with Crippen LogP contribution in [0, 0.1) is 30.5 Å². The number of rotatable bonds is 9. The fraction of sp³-hybridized carbons (Fsp3) is 0.444. The zero-order valence-corrected chi connectivity index (χ0v) is 21.8. The van der Waals surface area contributed by atoms with Gasteiger partial charge in [0.2, 0.25) is 5.91 Å². The quantitative estimate of drug-likeness (QED) is 0.375. The van der Waals surface area contributed by atoms with E-state index in [4.69, 9.17) is 11.6 Å². The van der Waals surface area contributed by atoms with Gasteiger partial charge in [0.05, 0.1) is 6.20 Å². The average Bonchev–Trinajstić information content (AvgIpc) is 3.80. The van der Waals surface area contributed by atoms with Crippen LogP contribution in [0.4, 0.5) is 10.2 Å². The van der Waals surface area contributed by atoms with Crippen LogP contribution in [0.25, 0.3) is 11.1 Å². The van der Waals surface area contributed by atoms with Gasteiger partial charge in [0.25, 0.3) is 5.91 Å². The first-order chi connectivity index (χ1) is 17.7. The molecule has 1 unspecified atom stereocenters. The molecule has 3 heterocycles. The predicted molar refractivity (Wildman–Crippen MR) is 139 cm³/mol. The third-order valence-electron chi connectivity index (χ3n) is 7.12. The number of hydrogen-bond donors (Lipinski definition) is 2. The van der Waals surface area contributed by atoms with Crippen molar-refractivity contribution in [3.8, 4) is 11.1 Å². The maximum atomic E-state index is 13.8. The first-order valence-electron chi connectivity index (χ1n) is 12.7. The van der Waals surface area contributed by atoms with E-state index in [1.54, 1.807) is 36.0 Å². The molecule has 2 N–H and O–H groups in total. The minimum absolute atomic E-state index is 0.00692. The number of halogens is 2. The number of carbonyl (C=O) groups excluding carboxylic acids is 2. The molecular formula is C27H30ClFN6O2. The number of pyridine rings is 2. The van der Waals surface area contributed by atoms with Crippen molar-refractivity contribution < 1.29 is 14.0 Å². The van der Waals surface area contributed by atoms with Gasteiger partial charge in [0, 0.05) is 29.1 Å². The standard InChI is InChI=1S/C27H30ClFN6O2/c1-14(2)35-21(10-11-31-35)26(36)34-24(23(16-4-5-16)17-6-7-17)27(37)33-22-9-8-19(25(28)32-22)20-12-18(29)13-30-15(20)3/h8-14,16-17,23-24H,4-7H2,1-3H3,(H,34,36)(H,32,33,37). The summed E-state index contributed by atoms with van der Waals surface area (Å²) in [7, 11) is 0. The molecule has 0 radical (unpaired) electrons. The molecule has 3 aromatic heterocycles. The van der Waals surface area contributed by atoms with Crippen molar-refractivity contribution in [2.24, 2.45) is 17.8 Å². The molecule has 8 nitrogen and oxygen atoms in total. The van der Waals surface area contributed by atoms with Crippen LogP contribution in [0.3, 0.4) is 0 Å². The summed E-state index contributed by atoms with van der Waals surface area (Å²) in [6.07, 6.45) is 6.98. The summed E-state index contributed by atoms with van der Waals surface area (Å²) in [6, 6.07) is 5.62. The molecule has 2 amide bonds. The minimum atomic E-state index is -0.710. The highest BCUT2D eigenvalue weighted by molar-refractivity contribution is 6.32. The largest absolute Gasteiger partial charge is 0.339 e. The number of nitrogens with one attached hydrogen (secondary N) is 2. The first kappa shape index (κ1) is 25.3. The molecule has 2 saturated carbocycles. The second kappa shape index (κ2) is 10.2. The number of hydrogen-bond acceptors (Lipinski definition) is 5. The average molecular weight is 525 g/mol. The van der Waals surface area contributed by atoms with Crippen LogP contribution in [-0.2, 0) is 4.79 Å². The molecule has 0 aromatic carbocycles. The Morgan fingerprint density at radius 1 is 1.11 bits per heavy atom. The number of nitrogens with zero attached hydrogens (tertiary/aromatic N) is 4. The summed E-state index contributed by atoms with van der Waals surface area (Å²) in [5.41, 5.74) is 2.08. The van der Waals surface area contributed by atoms with Gasteiger partial charge in [-0.05, 0) is 88.5 Å². The lowest BCUT2D eigenvalue weighted by Crippen LogP contribution is -2.50. The number of amides is 2. The van der Waals surface area contributed by atoms with Crippen LogP contribution in [0.1, 0.15) is 61.8 Å². The zero-order chi connectivity index (χ0) is 26.3. The summed E-state index contributed by atoms with van der Waals surface area (Å²) in [5.74, 6) is 0.0352. The first-order valence-corrected chi connectivity index (χ1v) is 13.0. The van der Waals surface area contributed by atoms with E-state index in [1.807, 2.05) is 13.8 Å². The van der Waals surface area contributed by atoms with Crippen molar-refractivity contribution in [3.63, 3.8) is 0 Å². The molecule has 1 atom stereocenters. The Kier molecular flexibility index (Phi) is 6.98. The fourth-order valence-corrected chi connectivity index (χ4v) is 5.29. The van der Waals surface area contributed by atoms with E-state index in [-0.39, 0.29) is 34.7 Å². The van der Waals surface area contributed by atoms with E-state index in [0.717, 1.165) is 31.9 Å². The summed E-state index contributed by atoms with van der Waals surface area (Å²) < 4.78 is 15.4. The molecule has 3 aromatic rings. The molecule has 194 valence electrons. The third-order valence-corrected chi connectivity index (χ3v) is 7.41. The molecule has 0 aliphatic heterocycles. The molecule has 0 spiro atoms. The number of aromatic nitrogens is 4. The van der Waals surface area contributed by atoms with Gasteiger partial charge in [0.15, 0.2) is 0 Å². The van der Waals surface area contributed by atoms with Crippen LogP contribution in [0.2, 0.25) is 5.15 Å². The maximum Gasteiger partial charge on any atom is 0.270 e. The van der Waals surface area contributed by atoms with Crippen LogP contribution in [0.5, 0.6) is 0 Å². The van der Waals surface area contributed by atoms with Crippen molar-refractivity contribution in [3.05, 3.63) is 59.0 Å². The van der Waals surface area contributed by atoms with Crippen LogP contribution in [-0.4, -0.2) is 37.6 Å². The minimum Gasteiger partial charge on any atom is -0.339 e. The molecule has 5 rings (SSSR count). The van der Waals surface area contributed by atoms with Gasteiger partial charge >= 0.3 is 0 Å². The van der Waals surface area contributed by atoms with Gasteiger partial charge < -0.3 is 10.6 Å². The molecular weight excluding hydrogens is 495 g/mol. The normalized spacial score (nSPS) is 16.2. The van der Waals surface area contributed by atoms with E-state index >= 15 is 0 Å². The molecule has 2 aliphatic rings. The Morgan fingerprint density at radius 3 is 2.43 bits per heavy atom. The van der Waals surface area contributed by atoms with Crippen molar-refractivity contribution in [1.29, 1.82) is 0 Å². The second-order valence-electron chi connectivity index (χ2n) is 10.3. The van der Waals surface area contributed by atoms with Crippen molar-refractivity contribution in [2.45, 2.75) is 58.5 Å². The topological polar surface area (TPSA) is 102 Å². The molecule has 2 fully saturated rings. The van der Waals surface area contributed by atoms with Crippen LogP contribution in [0.15, 0.2) is 36.7 Å². The highest BCUT2D eigenvalue weighted by Crippen LogP contribution is 2.51. The molecule has 37 heavy (non-hydrogen) atoms. The molecule has 0 saturated heterocycles. The fourth-order valence-electron chi connectivity index (χ4n) is 5.04. The van der Waals surface area contributed by atoms with Gasteiger partial charge in [-0.15, -0.1) is 0 Å². The van der Waals surface area contributed by atoms with E-state index in [2.05, 4.69) is 25.7 Å². The second-order valence-corrected chi connectivity index (χ2v) is 10.6.